The topological polar surface area (TPSA) is 84.2 Å². The number of benzene rings is 1. The van der Waals surface area contributed by atoms with Gasteiger partial charge in [-0.15, -0.1) is 0 Å². The Morgan fingerprint density at radius 1 is 1.14 bits per heavy atom. The van der Waals surface area contributed by atoms with Crippen molar-refractivity contribution in [2.75, 3.05) is 13.1 Å². The monoisotopic (exact) mass is 291 g/mol. The molecule has 2 amide bonds. The van der Waals surface area contributed by atoms with E-state index in [0.717, 1.165) is 18.4 Å². The van der Waals surface area contributed by atoms with Crippen molar-refractivity contribution in [2.24, 2.45) is 5.73 Å². The largest absolute Gasteiger partial charge is 0.354 e. The van der Waals surface area contributed by atoms with Crippen LogP contribution in [0.25, 0.3) is 0 Å². The summed E-state index contributed by atoms with van der Waals surface area (Å²) in [5.41, 5.74) is 7.53. The summed E-state index contributed by atoms with van der Waals surface area (Å²) < 4.78 is 0. The number of carbonyl (C=O) groups excluding carboxylic acids is 2. The van der Waals surface area contributed by atoms with E-state index in [1.165, 1.54) is 0 Å². The molecule has 0 aliphatic heterocycles. The van der Waals surface area contributed by atoms with Crippen LogP contribution >= 0.6 is 0 Å². The van der Waals surface area contributed by atoms with Crippen LogP contribution in [0.5, 0.6) is 0 Å². The summed E-state index contributed by atoms with van der Waals surface area (Å²) in [4.78, 5) is 23.4. The van der Waals surface area contributed by atoms with E-state index < -0.39 is 0 Å². The molecule has 21 heavy (non-hydrogen) atoms. The Hall–Kier alpha value is -1.88. The van der Waals surface area contributed by atoms with Crippen LogP contribution in [0.4, 0.5) is 0 Å². The lowest BCUT2D eigenvalue weighted by Gasteiger charge is -2.11. The van der Waals surface area contributed by atoms with E-state index in [9.17, 15) is 9.59 Å². The van der Waals surface area contributed by atoms with E-state index in [-0.39, 0.29) is 17.9 Å². The molecule has 0 spiro atoms. The van der Waals surface area contributed by atoms with Gasteiger partial charge >= 0.3 is 0 Å². The SMILES string of the molecule is CCCC(N)CC(=O)NCCNC(=O)c1ccc(C)cc1. The van der Waals surface area contributed by atoms with Crippen molar-refractivity contribution in [3.63, 3.8) is 0 Å². The van der Waals surface area contributed by atoms with Crippen molar-refractivity contribution >= 4 is 11.8 Å². The van der Waals surface area contributed by atoms with Crippen LogP contribution in [-0.2, 0) is 4.79 Å². The minimum atomic E-state index is -0.132. The third-order valence-corrected chi connectivity index (χ3v) is 3.15. The molecule has 0 bridgehead atoms. The molecule has 1 aromatic carbocycles. The molecule has 0 aliphatic carbocycles. The Balaban J connectivity index is 2.20. The third-order valence-electron chi connectivity index (χ3n) is 3.15. The number of nitrogens with one attached hydrogen (secondary N) is 2. The second-order valence-electron chi connectivity index (χ2n) is 5.22. The lowest BCUT2D eigenvalue weighted by atomic mass is 10.1. The summed E-state index contributed by atoms with van der Waals surface area (Å²) in [6.07, 6.45) is 2.15. The Bertz CT molecular complexity index is 457. The highest BCUT2D eigenvalue weighted by Gasteiger charge is 2.08. The lowest BCUT2D eigenvalue weighted by molar-refractivity contribution is -0.121. The molecule has 0 aromatic heterocycles. The molecule has 116 valence electrons. The molecular formula is C16H25N3O2. The fraction of sp³-hybridized carbons (Fsp3) is 0.500. The van der Waals surface area contributed by atoms with Crippen molar-refractivity contribution in [3.8, 4) is 0 Å². The zero-order chi connectivity index (χ0) is 15.7. The Kier molecular flexibility index (Phi) is 7.46. The number of rotatable bonds is 8. The average Bonchev–Trinajstić information content (AvgIpc) is 2.44. The van der Waals surface area contributed by atoms with Gasteiger partial charge < -0.3 is 16.4 Å². The number of aryl methyl sites for hydroxylation is 1. The molecule has 0 aliphatic rings. The van der Waals surface area contributed by atoms with Gasteiger partial charge in [-0.25, -0.2) is 0 Å². The van der Waals surface area contributed by atoms with Gasteiger partial charge in [0.05, 0.1) is 0 Å². The number of nitrogens with two attached hydrogens (primary N) is 1. The Labute approximate surface area is 126 Å². The molecule has 5 heteroatoms. The summed E-state index contributed by atoms with van der Waals surface area (Å²) >= 11 is 0. The predicted molar refractivity (Wildman–Crippen MR) is 84.0 cm³/mol. The van der Waals surface area contributed by atoms with Crippen LogP contribution < -0.4 is 16.4 Å². The van der Waals surface area contributed by atoms with Crippen LogP contribution in [0.1, 0.15) is 42.1 Å². The van der Waals surface area contributed by atoms with Gasteiger partial charge in [0.1, 0.15) is 0 Å². The average molecular weight is 291 g/mol. The molecule has 5 nitrogen and oxygen atoms in total. The van der Waals surface area contributed by atoms with Crippen LogP contribution in [0, 0.1) is 6.92 Å². The summed E-state index contributed by atoms with van der Waals surface area (Å²) in [5.74, 6) is -0.201. The summed E-state index contributed by atoms with van der Waals surface area (Å²) in [5, 5.41) is 5.52. The molecule has 0 saturated heterocycles. The van der Waals surface area contributed by atoms with Gasteiger partial charge in [-0.1, -0.05) is 31.0 Å². The molecule has 0 heterocycles. The van der Waals surface area contributed by atoms with Crippen LogP contribution in [0.3, 0.4) is 0 Å². The number of hydrogen-bond acceptors (Lipinski definition) is 3. The molecule has 0 saturated carbocycles. The van der Waals surface area contributed by atoms with Crippen LogP contribution in [0.15, 0.2) is 24.3 Å². The highest BCUT2D eigenvalue weighted by molar-refractivity contribution is 5.94. The number of hydrogen-bond donors (Lipinski definition) is 3. The van der Waals surface area contributed by atoms with Gasteiger partial charge in [0.2, 0.25) is 5.91 Å². The maximum atomic E-state index is 11.8. The first-order valence-electron chi connectivity index (χ1n) is 7.40. The van der Waals surface area contributed by atoms with E-state index in [0.29, 0.717) is 25.1 Å². The van der Waals surface area contributed by atoms with E-state index >= 15 is 0 Å². The maximum Gasteiger partial charge on any atom is 0.251 e. The molecule has 1 unspecified atom stereocenters. The van der Waals surface area contributed by atoms with Gasteiger partial charge in [-0.05, 0) is 25.5 Å². The highest BCUT2D eigenvalue weighted by atomic mass is 16.2. The minimum absolute atomic E-state index is 0.0689. The van der Waals surface area contributed by atoms with Gasteiger partial charge in [-0.2, -0.15) is 0 Å². The molecule has 4 N–H and O–H groups in total. The first-order valence-corrected chi connectivity index (χ1v) is 7.40. The molecule has 0 fully saturated rings. The van der Waals surface area contributed by atoms with Crippen molar-refractivity contribution in [1.82, 2.24) is 10.6 Å². The summed E-state index contributed by atoms with van der Waals surface area (Å²) in [6, 6.07) is 7.27. The molecular weight excluding hydrogens is 266 g/mol. The van der Waals surface area contributed by atoms with Crippen molar-refractivity contribution in [2.45, 2.75) is 39.2 Å². The van der Waals surface area contributed by atoms with E-state index in [1.54, 1.807) is 12.1 Å². The highest BCUT2D eigenvalue weighted by Crippen LogP contribution is 2.02. The summed E-state index contributed by atoms with van der Waals surface area (Å²) in [6.45, 7) is 4.83. The zero-order valence-corrected chi connectivity index (χ0v) is 12.8. The van der Waals surface area contributed by atoms with E-state index in [2.05, 4.69) is 10.6 Å². The molecule has 1 rings (SSSR count). The number of amides is 2. The first-order chi connectivity index (χ1) is 10.0. The zero-order valence-electron chi connectivity index (χ0n) is 12.8. The van der Waals surface area contributed by atoms with E-state index in [1.807, 2.05) is 26.0 Å². The van der Waals surface area contributed by atoms with Gasteiger partial charge in [-0.3, -0.25) is 9.59 Å². The quantitative estimate of drug-likeness (QED) is 0.632. The summed E-state index contributed by atoms with van der Waals surface area (Å²) in [7, 11) is 0. The van der Waals surface area contributed by atoms with Crippen LogP contribution in [-0.4, -0.2) is 30.9 Å². The Morgan fingerprint density at radius 3 is 2.38 bits per heavy atom. The Morgan fingerprint density at radius 2 is 1.76 bits per heavy atom. The van der Waals surface area contributed by atoms with Gasteiger partial charge in [0.25, 0.3) is 5.91 Å². The predicted octanol–water partition coefficient (Wildman–Crippen LogP) is 1.36. The van der Waals surface area contributed by atoms with Crippen molar-refractivity contribution in [1.29, 1.82) is 0 Å². The second kappa shape index (κ2) is 9.13. The van der Waals surface area contributed by atoms with E-state index in [4.69, 9.17) is 5.73 Å². The second-order valence-corrected chi connectivity index (χ2v) is 5.22. The van der Waals surface area contributed by atoms with Crippen LogP contribution in [0.2, 0.25) is 0 Å². The normalized spacial score (nSPS) is 11.8. The van der Waals surface area contributed by atoms with Gasteiger partial charge in [0, 0.05) is 31.1 Å². The maximum absolute atomic E-state index is 11.8. The fourth-order valence-electron chi connectivity index (χ4n) is 1.97. The molecule has 0 radical (unpaired) electrons. The standard InChI is InChI=1S/C16H25N3O2/c1-3-4-14(17)11-15(20)18-9-10-19-16(21)13-7-5-12(2)6-8-13/h5-8,14H,3-4,9-11,17H2,1-2H3,(H,18,20)(H,19,21). The number of carbonyl (C=O) groups is 2. The van der Waals surface area contributed by atoms with Gasteiger partial charge in [0.15, 0.2) is 0 Å². The smallest absolute Gasteiger partial charge is 0.251 e. The molecule has 1 atom stereocenters. The van der Waals surface area contributed by atoms with Crippen molar-refractivity contribution < 1.29 is 9.59 Å². The van der Waals surface area contributed by atoms with Crippen molar-refractivity contribution in [3.05, 3.63) is 35.4 Å². The fourth-order valence-corrected chi connectivity index (χ4v) is 1.97. The third kappa shape index (κ3) is 6.90. The molecule has 1 aromatic rings. The minimum Gasteiger partial charge on any atom is -0.354 e. The first kappa shape index (κ1) is 17.2. The lowest BCUT2D eigenvalue weighted by Crippen LogP contribution is -2.37.